The Morgan fingerprint density at radius 2 is 1.84 bits per heavy atom. The highest BCUT2D eigenvalue weighted by Gasteiger charge is 2.20. The van der Waals surface area contributed by atoms with Crippen molar-refractivity contribution in [1.82, 2.24) is 4.98 Å². The van der Waals surface area contributed by atoms with Gasteiger partial charge in [0.05, 0.1) is 35.5 Å². The zero-order valence-corrected chi connectivity index (χ0v) is 17.9. The smallest absolute Gasteiger partial charge is 0.229 e. The van der Waals surface area contributed by atoms with Crippen molar-refractivity contribution in [3.05, 3.63) is 89.5 Å². The third-order valence-corrected chi connectivity index (χ3v) is 6.05. The minimum Gasteiger partial charge on any atom is -0.497 e. The standard InChI is InChI=1S/C25H21N3O2S/c1-30-21-12-13-22-23(15-21)31-25(27-22)28(17-20-5-3-2-4-6-20)24(29)14-11-18-7-9-19(16-26)10-8-18/h2-10,12-13,15H,11,14,17H2,1H3. The molecular weight excluding hydrogens is 406 g/mol. The van der Waals surface area contributed by atoms with Gasteiger partial charge in [-0.1, -0.05) is 53.8 Å². The molecule has 1 aromatic heterocycles. The van der Waals surface area contributed by atoms with E-state index in [1.807, 2.05) is 60.7 Å². The van der Waals surface area contributed by atoms with Gasteiger partial charge >= 0.3 is 0 Å². The molecule has 0 aliphatic rings. The van der Waals surface area contributed by atoms with Crippen LogP contribution in [0, 0.1) is 11.3 Å². The van der Waals surface area contributed by atoms with Crippen LogP contribution in [0.25, 0.3) is 10.2 Å². The average Bonchev–Trinajstić information content (AvgIpc) is 3.25. The first-order chi connectivity index (χ1) is 15.2. The van der Waals surface area contributed by atoms with Gasteiger partial charge in [-0.3, -0.25) is 9.69 Å². The maximum absolute atomic E-state index is 13.3. The maximum Gasteiger partial charge on any atom is 0.229 e. The maximum atomic E-state index is 13.3. The molecule has 154 valence electrons. The number of carbonyl (C=O) groups excluding carboxylic acids is 1. The second kappa shape index (κ2) is 9.41. The van der Waals surface area contributed by atoms with E-state index in [-0.39, 0.29) is 5.91 Å². The van der Waals surface area contributed by atoms with Crippen LogP contribution in [0.4, 0.5) is 5.13 Å². The number of benzene rings is 3. The molecule has 0 spiro atoms. The van der Waals surface area contributed by atoms with Crippen molar-refractivity contribution in [1.29, 1.82) is 5.26 Å². The van der Waals surface area contributed by atoms with E-state index in [1.165, 1.54) is 11.3 Å². The lowest BCUT2D eigenvalue weighted by Crippen LogP contribution is -2.30. The molecule has 0 bridgehead atoms. The van der Waals surface area contributed by atoms with Gasteiger partial charge in [0.25, 0.3) is 0 Å². The van der Waals surface area contributed by atoms with Crippen molar-refractivity contribution in [3.8, 4) is 11.8 Å². The van der Waals surface area contributed by atoms with E-state index >= 15 is 0 Å². The molecule has 0 N–H and O–H groups in total. The Labute approximate surface area is 185 Å². The molecule has 0 saturated heterocycles. The van der Waals surface area contributed by atoms with Gasteiger partial charge < -0.3 is 4.74 Å². The van der Waals surface area contributed by atoms with Crippen molar-refractivity contribution in [3.63, 3.8) is 0 Å². The predicted octanol–water partition coefficient (Wildman–Crippen LogP) is 5.34. The van der Waals surface area contributed by atoms with Crippen molar-refractivity contribution >= 4 is 32.6 Å². The van der Waals surface area contributed by atoms with Gasteiger partial charge in [-0.05, 0) is 47.9 Å². The summed E-state index contributed by atoms with van der Waals surface area (Å²) in [5, 5.41) is 9.63. The molecule has 1 heterocycles. The summed E-state index contributed by atoms with van der Waals surface area (Å²) in [6.45, 7) is 0.462. The van der Waals surface area contributed by atoms with Crippen LogP contribution in [-0.2, 0) is 17.8 Å². The molecule has 0 aliphatic carbocycles. The lowest BCUT2D eigenvalue weighted by Gasteiger charge is -2.20. The van der Waals surface area contributed by atoms with Crippen LogP contribution < -0.4 is 9.64 Å². The van der Waals surface area contributed by atoms with Crippen LogP contribution in [0.5, 0.6) is 5.75 Å². The van der Waals surface area contributed by atoms with Crippen molar-refractivity contribution in [2.24, 2.45) is 0 Å². The Kier molecular flexibility index (Phi) is 6.25. The average molecular weight is 428 g/mol. The Morgan fingerprint density at radius 3 is 2.55 bits per heavy atom. The molecule has 1 amide bonds. The molecule has 4 rings (SSSR count). The first-order valence-electron chi connectivity index (χ1n) is 9.94. The number of carbonyl (C=O) groups is 1. The summed E-state index contributed by atoms with van der Waals surface area (Å²) in [5.74, 6) is 0.781. The lowest BCUT2D eigenvalue weighted by molar-refractivity contribution is -0.118. The van der Waals surface area contributed by atoms with E-state index in [0.29, 0.717) is 30.1 Å². The summed E-state index contributed by atoms with van der Waals surface area (Å²) in [6.07, 6.45) is 0.965. The molecule has 4 aromatic rings. The Morgan fingerprint density at radius 1 is 1.06 bits per heavy atom. The molecule has 0 saturated carbocycles. The number of thiazole rings is 1. The number of rotatable bonds is 7. The summed E-state index contributed by atoms with van der Waals surface area (Å²) in [5.41, 5.74) is 3.54. The predicted molar refractivity (Wildman–Crippen MR) is 123 cm³/mol. The van der Waals surface area contributed by atoms with Gasteiger partial charge in [0.15, 0.2) is 5.13 Å². The number of fused-ring (bicyclic) bond motifs is 1. The number of anilines is 1. The number of hydrogen-bond acceptors (Lipinski definition) is 5. The first-order valence-corrected chi connectivity index (χ1v) is 10.8. The quantitative estimate of drug-likeness (QED) is 0.399. The van der Waals surface area contributed by atoms with Gasteiger partial charge in [-0.15, -0.1) is 0 Å². The van der Waals surface area contributed by atoms with Crippen LogP contribution in [-0.4, -0.2) is 18.0 Å². The molecule has 0 radical (unpaired) electrons. The topological polar surface area (TPSA) is 66.2 Å². The fraction of sp³-hybridized carbons (Fsp3) is 0.160. The summed E-state index contributed by atoms with van der Waals surface area (Å²) in [4.78, 5) is 19.7. The highest BCUT2D eigenvalue weighted by atomic mass is 32.1. The Bertz CT molecular complexity index is 1230. The van der Waals surface area contributed by atoms with E-state index in [2.05, 4.69) is 6.07 Å². The molecule has 31 heavy (non-hydrogen) atoms. The number of aryl methyl sites for hydroxylation is 1. The zero-order chi connectivity index (χ0) is 21.6. The SMILES string of the molecule is COc1ccc2nc(N(Cc3ccccc3)C(=O)CCc3ccc(C#N)cc3)sc2c1. The summed E-state index contributed by atoms with van der Waals surface area (Å²) in [6, 6.07) is 25.1. The third-order valence-electron chi connectivity index (χ3n) is 5.01. The number of aromatic nitrogens is 1. The Balaban J connectivity index is 1.58. The highest BCUT2D eigenvalue weighted by molar-refractivity contribution is 7.22. The molecule has 0 unspecified atom stereocenters. The number of hydrogen-bond donors (Lipinski definition) is 0. The molecule has 6 heteroatoms. The molecule has 0 fully saturated rings. The van der Waals surface area contributed by atoms with E-state index in [9.17, 15) is 4.79 Å². The third kappa shape index (κ3) is 4.90. The van der Waals surface area contributed by atoms with Crippen LogP contribution in [0.2, 0.25) is 0 Å². The minimum absolute atomic E-state index is 0.0132. The monoisotopic (exact) mass is 427 g/mol. The number of amides is 1. The normalized spacial score (nSPS) is 10.6. The van der Waals surface area contributed by atoms with E-state index in [0.717, 1.165) is 27.1 Å². The van der Waals surface area contributed by atoms with E-state index in [1.54, 1.807) is 24.1 Å². The zero-order valence-electron chi connectivity index (χ0n) is 17.1. The van der Waals surface area contributed by atoms with Crippen molar-refractivity contribution in [2.75, 3.05) is 12.0 Å². The molecule has 3 aromatic carbocycles. The van der Waals surface area contributed by atoms with Crippen LogP contribution >= 0.6 is 11.3 Å². The number of methoxy groups -OCH3 is 1. The van der Waals surface area contributed by atoms with Crippen LogP contribution in [0.1, 0.15) is 23.1 Å². The Hall–Kier alpha value is -3.69. The van der Waals surface area contributed by atoms with Gasteiger partial charge in [0.2, 0.25) is 5.91 Å². The van der Waals surface area contributed by atoms with Gasteiger partial charge in [0.1, 0.15) is 5.75 Å². The van der Waals surface area contributed by atoms with Gasteiger partial charge in [-0.2, -0.15) is 5.26 Å². The molecule has 5 nitrogen and oxygen atoms in total. The summed E-state index contributed by atoms with van der Waals surface area (Å²) < 4.78 is 6.30. The van der Waals surface area contributed by atoms with Crippen molar-refractivity contribution < 1.29 is 9.53 Å². The summed E-state index contributed by atoms with van der Waals surface area (Å²) in [7, 11) is 1.64. The highest BCUT2D eigenvalue weighted by Crippen LogP contribution is 2.32. The van der Waals surface area contributed by atoms with Gasteiger partial charge in [-0.25, -0.2) is 4.98 Å². The number of nitriles is 1. The lowest BCUT2D eigenvalue weighted by atomic mass is 10.1. The van der Waals surface area contributed by atoms with Crippen LogP contribution in [0.3, 0.4) is 0 Å². The summed E-state index contributed by atoms with van der Waals surface area (Å²) >= 11 is 1.49. The second-order valence-corrected chi connectivity index (χ2v) is 8.11. The van der Waals surface area contributed by atoms with Crippen molar-refractivity contribution in [2.45, 2.75) is 19.4 Å². The van der Waals surface area contributed by atoms with E-state index in [4.69, 9.17) is 15.0 Å². The molecule has 0 atom stereocenters. The van der Waals surface area contributed by atoms with Crippen LogP contribution in [0.15, 0.2) is 72.8 Å². The number of nitrogens with zero attached hydrogens (tertiary/aromatic N) is 3. The first kappa shape index (κ1) is 20.6. The molecular formula is C25H21N3O2S. The minimum atomic E-state index is 0.0132. The largest absolute Gasteiger partial charge is 0.497 e. The van der Waals surface area contributed by atoms with E-state index < -0.39 is 0 Å². The fourth-order valence-corrected chi connectivity index (χ4v) is 4.31. The molecule has 0 aliphatic heterocycles. The van der Waals surface area contributed by atoms with Gasteiger partial charge in [0, 0.05) is 6.42 Å². The number of ether oxygens (including phenoxy) is 1. The fourth-order valence-electron chi connectivity index (χ4n) is 3.30. The second-order valence-electron chi connectivity index (χ2n) is 7.10.